The maximum atomic E-state index is 12.9. The molecule has 1 unspecified atom stereocenters. The highest BCUT2D eigenvalue weighted by atomic mass is 19.1. The van der Waals surface area contributed by atoms with Crippen LogP contribution in [0.15, 0.2) is 18.5 Å². The largest absolute Gasteiger partial charge is 0.310 e. The summed E-state index contributed by atoms with van der Waals surface area (Å²) in [5.41, 5.74) is 0.903. The highest BCUT2D eigenvalue weighted by Gasteiger charge is 2.03. The van der Waals surface area contributed by atoms with E-state index in [-0.39, 0.29) is 5.82 Å². The van der Waals surface area contributed by atoms with Gasteiger partial charge in [-0.15, -0.1) is 0 Å². The van der Waals surface area contributed by atoms with E-state index in [0.717, 1.165) is 11.5 Å². The van der Waals surface area contributed by atoms with Crippen LogP contribution in [-0.4, -0.2) is 11.0 Å². The number of aromatic nitrogens is 1. The maximum Gasteiger partial charge on any atom is 0.141 e. The van der Waals surface area contributed by atoms with Crippen LogP contribution in [0.5, 0.6) is 0 Å². The van der Waals surface area contributed by atoms with Crippen LogP contribution in [0.1, 0.15) is 45.6 Å². The average Bonchev–Trinajstić information content (AvgIpc) is 2.26. The zero-order chi connectivity index (χ0) is 12.7. The van der Waals surface area contributed by atoms with Crippen molar-refractivity contribution < 1.29 is 4.39 Å². The molecule has 1 atom stereocenters. The summed E-state index contributed by atoms with van der Waals surface area (Å²) in [4.78, 5) is 3.83. The Morgan fingerprint density at radius 3 is 2.65 bits per heavy atom. The zero-order valence-electron chi connectivity index (χ0n) is 11.0. The molecule has 0 amide bonds. The van der Waals surface area contributed by atoms with Gasteiger partial charge >= 0.3 is 0 Å². The van der Waals surface area contributed by atoms with E-state index in [9.17, 15) is 4.39 Å². The minimum absolute atomic E-state index is 0.267. The van der Waals surface area contributed by atoms with Crippen LogP contribution < -0.4 is 5.32 Å². The molecule has 0 fully saturated rings. The quantitative estimate of drug-likeness (QED) is 0.786. The Kier molecular flexibility index (Phi) is 6.12. The topological polar surface area (TPSA) is 24.9 Å². The van der Waals surface area contributed by atoms with E-state index in [0.29, 0.717) is 12.6 Å². The zero-order valence-corrected chi connectivity index (χ0v) is 11.0. The third-order valence-corrected chi connectivity index (χ3v) is 2.83. The molecule has 1 aromatic heterocycles. The molecule has 1 heterocycles. The standard InChI is InChI=1S/C14H23FN2/c1-11(2)5-4-6-12(3)17-9-13-7-14(15)10-16-8-13/h7-8,10-12,17H,4-6,9H2,1-3H3. The molecule has 1 rings (SSSR count). The van der Waals surface area contributed by atoms with E-state index in [1.807, 2.05) is 0 Å². The Balaban J connectivity index is 2.21. The second-order valence-electron chi connectivity index (χ2n) is 5.12. The molecule has 0 aliphatic rings. The predicted octanol–water partition coefficient (Wildman–Crippen LogP) is 3.53. The van der Waals surface area contributed by atoms with E-state index in [4.69, 9.17) is 0 Å². The summed E-state index contributed by atoms with van der Waals surface area (Å²) >= 11 is 0. The molecule has 96 valence electrons. The van der Waals surface area contributed by atoms with Gasteiger partial charge in [-0.3, -0.25) is 4.98 Å². The Morgan fingerprint density at radius 1 is 1.24 bits per heavy atom. The number of nitrogens with one attached hydrogen (secondary N) is 1. The minimum Gasteiger partial charge on any atom is -0.310 e. The number of hydrogen-bond donors (Lipinski definition) is 1. The molecule has 1 aromatic rings. The highest BCUT2D eigenvalue weighted by molar-refractivity contribution is 5.09. The lowest BCUT2D eigenvalue weighted by Crippen LogP contribution is -2.25. The summed E-state index contributed by atoms with van der Waals surface area (Å²) in [7, 11) is 0. The summed E-state index contributed by atoms with van der Waals surface area (Å²) in [5.74, 6) is 0.506. The Morgan fingerprint density at radius 2 is 2.00 bits per heavy atom. The Hall–Kier alpha value is -0.960. The van der Waals surface area contributed by atoms with Gasteiger partial charge in [0.05, 0.1) is 6.20 Å². The van der Waals surface area contributed by atoms with E-state index in [1.165, 1.54) is 31.5 Å². The van der Waals surface area contributed by atoms with E-state index in [1.54, 1.807) is 6.20 Å². The fourth-order valence-corrected chi connectivity index (χ4v) is 1.78. The molecule has 17 heavy (non-hydrogen) atoms. The first-order chi connectivity index (χ1) is 8.08. The van der Waals surface area contributed by atoms with Gasteiger partial charge in [-0.05, 0) is 30.9 Å². The van der Waals surface area contributed by atoms with Gasteiger partial charge in [-0.1, -0.05) is 26.7 Å². The van der Waals surface area contributed by atoms with Crippen LogP contribution >= 0.6 is 0 Å². The van der Waals surface area contributed by atoms with E-state index in [2.05, 4.69) is 31.1 Å². The van der Waals surface area contributed by atoms with Crippen molar-refractivity contribution in [3.8, 4) is 0 Å². The lowest BCUT2D eigenvalue weighted by atomic mass is 10.0. The normalized spacial score (nSPS) is 13.0. The molecule has 0 spiro atoms. The van der Waals surface area contributed by atoms with Gasteiger partial charge in [0.2, 0.25) is 0 Å². The second kappa shape index (κ2) is 7.38. The van der Waals surface area contributed by atoms with Gasteiger partial charge in [0.25, 0.3) is 0 Å². The maximum absolute atomic E-state index is 12.9. The first kappa shape index (κ1) is 14.1. The lowest BCUT2D eigenvalue weighted by Gasteiger charge is -2.14. The predicted molar refractivity (Wildman–Crippen MR) is 69.2 cm³/mol. The van der Waals surface area contributed by atoms with Crippen LogP contribution in [0.25, 0.3) is 0 Å². The van der Waals surface area contributed by atoms with Gasteiger partial charge in [-0.25, -0.2) is 4.39 Å². The molecule has 0 aromatic carbocycles. The van der Waals surface area contributed by atoms with Crippen molar-refractivity contribution in [2.75, 3.05) is 0 Å². The molecule has 1 N–H and O–H groups in total. The summed E-state index contributed by atoms with van der Waals surface area (Å²) in [6.07, 6.45) is 6.62. The number of halogens is 1. The van der Waals surface area contributed by atoms with Crippen molar-refractivity contribution in [3.05, 3.63) is 29.8 Å². The fourth-order valence-electron chi connectivity index (χ4n) is 1.78. The van der Waals surface area contributed by atoms with Crippen molar-refractivity contribution in [3.63, 3.8) is 0 Å². The van der Waals surface area contributed by atoms with E-state index < -0.39 is 0 Å². The molecule has 0 saturated carbocycles. The van der Waals surface area contributed by atoms with Crippen LogP contribution in [0.4, 0.5) is 4.39 Å². The first-order valence-electron chi connectivity index (χ1n) is 6.40. The molecule has 0 bridgehead atoms. The van der Waals surface area contributed by atoms with Crippen molar-refractivity contribution in [1.82, 2.24) is 10.3 Å². The molecule has 0 aliphatic carbocycles. The second-order valence-corrected chi connectivity index (χ2v) is 5.12. The monoisotopic (exact) mass is 238 g/mol. The van der Waals surface area contributed by atoms with Crippen LogP contribution in [0, 0.1) is 11.7 Å². The number of nitrogens with zero attached hydrogens (tertiary/aromatic N) is 1. The smallest absolute Gasteiger partial charge is 0.141 e. The van der Waals surface area contributed by atoms with E-state index >= 15 is 0 Å². The number of pyridine rings is 1. The Labute approximate surface area is 104 Å². The molecule has 0 radical (unpaired) electrons. The highest BCUT2D eigenvalue weighted by Crippen LogP contribution is 2.09. The Bertz CT molecular complexity index is 326. The lowest BCUT2D eigenvalue weighted by molar-refractivity contribution is 0.456. The number of rotatable bonds is 7. The molecule has 2 nitrogen and oxygen atoms in total. The minimum atomic E-state index is -0.267. The molecular formula is C14H23FN2. The third-order valence-electron chi connectivity index (χ3n) is 2.83. The summed E-state index contributed by atoms with van der Waals surface area (Å²) in [6.45, 7) is 7.35. The fraction of sp³-hybridized carbons (Fsp3) is 0.643. The molecular weight excluding hydrogens is 215 g/mol. The average molecular weight is 238 g/mol. The van der Waals surface area contributed by atoms with Crippen molar-refractivity contribution in [2.45, 2.75) is 52.6 Å². The van der Waals surface area contributed by atoms with Crippen molar-refractivity contribution >= 4 is 0 Å². The SMILES string of the molecule is CC(C)CCCC(C)NCc1cncc(F)c1. The summed E-state index contributed by atoms with van der Waals surface area (Å²) in [6, 6.07) is 2.00. The van der Waals surface area contributed by atoms with Gasteiger partial charge in [0, 0.05) is 18.8 Å². The third kappa shape index (κ3) is 6.37. The molecule has 0 saturated heterocycles. The van der Waals surface area contributed by atoms with Gasteiger partial charge in [0.1, 0.15) is 5.82 Å². The summed E-state index contributed by atoms with van der Waals surface area (Å²) in [5, 5.41) is 3.39. The van der Waals surface area contributed by atoms with Crippen LogP contribution in [-0.2, 0) is 6.54 Å². The van der Waals surface area contributed by atoms with Crippen LogP contribution in [0.2, 0.25) is 0 Å². The van der Waals surface area contributed by atoms with Gasteiger partial charge < -0.3 is 5.32 Å². The molecule has 3 heteroatoms. The first-order valence-corrected chi connectivity index (χ1v) is 6.40. The van der Waals surface area contributed by atoms with Crippen molar-refractivity contribution in [1.29, 1.82) is 0 Å². The van der Waals surface area contributed by atoms with Gasteiger partial charge in [0.15, 0.2) is 0 Å². The molecule has 0 aliphatic heterocycles. The number of hydrogen-bond acceptors (Lipinski definition) is 2. The van der Waals surface area contributed by atoms with Crippen LogP contribution in [0.3, 0.4) is 0 Å². The summed E-state index contributed by atoms with van der Waals surface area (Å²) < 4.78 is 12.9. The van der Waals surface area contributed by atoms with Crippen molar-refractivity contribution in [2.24, 2.45) is 5.92 Å². The van der Waals surface area contributed by atoms with Gasteiger partial charge in [-0.2, -0.15) is 0 Å².